The molecule has 0 fully saturated rings. The van der Waals surface area contributed by atoms with Gasteiger partial charge >= 0.3 is 0 Å². The Bertz CT molecular complexity index is 1270. The van der Waals surface area contributed by atoms with Gasteiger partial charge in [0.15, 0.2) is 5.82 Å². The zero-order valence-electron chi connectivity index (χ0n) is 14.9. The van der Waals surface area contributed by atoms with Crippen LogP contribution in [0.25, 0.3) is 27.0 Å². The van der Waals surface area contributed by atoms with E-state index in [1.807, 2.05) is 35.7 Å². The van der Waals surface area contributed by atoms with Crippen molar-refractivity contribution in [1.29, 1.82) is 0 Å². The highest BCUT2D eigenvalue weighted by Gasteiger charge is 2.15. The molecule has 0 amide bonds. The molecule has 2 aromatic carbocycles. The number of hydrogen-bond acceptors (Lipinski definition) is 7. The number of hydrogen-bond donors (Lipinski definition) is 0. The number of para-hydroxylation sites is 1. The van der Waals surface area contributed by atoms with Crippen LogP contribution in [0.15, 0.2) is 71.3 Å². The van der Waals surface area contributed by atoms with Crippen LogP contribution in [0.3, 0.4) is 0 Å². The van der Waals surface area contributed by atoms with Crippen LogP contribution in [-0.4, -0.2) is 30.2 Å². The maximum atomic E-state index is 13.3. The summed E-state index contributed by atoms with van der Waals surface area (Å²) < 4.78 is 15.1. The lowest BCUT2D eigenvalue weighted by Crippen LogP contribution is -2.02. The second-order valence-corrected chi connectivity index (χ2v) is 7.97. The van der Waals surface area contributed by atoms with Gasteiger partial charge in [0.1, 0.15) is 22.0 Å². The predicted molar refractivity (Wildman–Crippen MR) is 112 cm³/mol. The van der Waals surface area contributed by atoms with Crippen molar-refractivity contribution in [3.05, 3.63) is 77.9 Å². The summed E-state index contributed by atoms with van der Waals surface area (Å²) in [6.45, 7) is 0. The van der Waals surface area contributed by atoms with Crippen LogP contribution < -0.4 is 0 Å². The number of rotatable bonds is 5. The van der Waals surface area contributed by atoms with Gasteiger partial charge in [-0.2, -0.15) is 4.68 Å². The highest BCUT2D eigenvalue weighted by atomic mass is 32.2. The van der Waals surface area contributed by atoms with Crippen LogP contribution in [0.1, 0.15) is 5.82 Å². The third-order valence-electron chi connectivity index (χ3n) is 4.36. The second kappa shape index (κ2) is 7.69. The molecule has 0 saturated heterocycles. The van der Waals surface area contributed by atoms with Crippen molar-refractivity contribution in [2.45, 2.75) is 10.8 Å². The Hall–Kier alpha value is -3.17. The maximum absolute atomic E-state index is 13.3. The van der Waals surface area contributed by atoms with E-state index < -0.39 is 0 Å². The van der Waals surface area contributed by atoms with Crippen LogP contribution in [0.4, 0.5) is 4.39 Å². The molecule has 0 aliphatic carbocycles. The molecule has 0 unspecified atom stereocenters. The molecule has 6 nitrogen and oxygen atoms in total. The summed E-state index contributed by atoms with van der Waals surface area (Å²) in [7, 11) is 0. The predicted octanol–water partition coefficient (Wildman–Crippen LogP) is 4.77. The van der Waals surface area contributed by atoms with Crippen molar-refractivity contribution in [3.63, 3.8) is 0 Å². The summed E-state index contributed by atoms with van der Waals surface area (Å²) in [5.41, 5.74) is 2.84. The fraction of sp³-hybridized carbons (Fsp3) is 0.0500. The lowest BCUT2D eigenvalue weighted by molar-refractivity contribution is 0.628. The smallest absolute Gasteiger partial charge is 0.166 e. The summed E-state index contributed by atoms with van der Waals surface area (Å²) in [5.74, 6) is 1.02. The van der Waals surface area contributed by atoms with E-state index in [1.165, 1.54) is 12.1 Å². The SMILES string of the molecule is Fc1ccc(-c2csc3ncnc(SCc4nnnn4-c4ccccc4)c23)cc1. The average molecular weight is 420 g/mol. The van der Waals surface area contributed by atoms with Gasteiger partial charge in [-0.1, -0.05) is 42.1 Å². The van der Waals surface area contributed by atoms with Gasteiger partial charge in [0.05, 0.1) is 16.8 Å². The van der Waals surface area contributed by atoms with Gasteiger partial charge in [-0.25, -0.2) is 14.4 Å². The first kappa shape index (κ1) is 17.9. The van der Waals surface area contributed by atoms with Gasteiger partial charge in [-0.05, 0) is 40.3 Å². The van der Waals surface area contributed by atoms with Crippen LogP contribution >= 0.6 is 23.1 Å². The van der Waals surface area contributed by atoms with Crippen molar-refractivity contribution in [2.75, 3.05) is 0 Å². The monoisotopic (exact) mass is 420 g/mol. The molecule has 142 valence electrons. The topological polar surface area (TPSA) is 69.4 Å². The van der Waals surface area contributed by atoms with Crippen LogP contribution in [0, 0.1) is 5.82 Å². The Morgan fingerprint density at radius 2 is 1.83 bits per heavy atom. The minimum absolute atomic E-state index is 0.258. The molecular weight excluding hydrogens is 407 g/mol. The van der Waals surface area contributed by atoms with Crippen LogP contribution in [0.2, 0.25) is 0 Å². The van der Waals surface area contributed by atoms with Gasteiger partial charge in [-0.15, -0.1) is 16.4 Å². The molecular formula is C20H13FN6S2. The number of tetrazole rings is 1. The van der Waals surface area contributed by atoms with Gasteiger partial charge in [-0.3, -0.25) is 0 Å². The fourth-order valence-corrected chi connectivity index (χ4v) is 4.90. The van der Waals surface area contributed by atoms with Crippen LogP contribution in [-0.2, 0) is 5.75 Å². The van der Waals surface area contributed by atoms with E-state index in [2.05, 4.69) is 25.5 Å². The summed E-state index contributed by atoms with van der Waals surface area (Å²) in [6.07, 6.45) is 1.57. The number of halogens is 1. The molecule has 0 aliphatic rings. The average Bonchev–Trinajstić information content (AvgIpc) is 3.41. The Morgan fingerprint density at radius 1 is 1.00 bits per heavy atom. The molecule has 29 heavy (non-hydrogen) atoms. The Kier molecular flexibility index (Phi) is 4.74. The maximum Gasteiger partial charge on any atom is 0.166 e. The van der Waals surface area contributed by atoms with Crippen molar-refractivity contribution < 1.29 is 4.39 Å². The number of aromatic nitrogens is 6. The summed E-state index contributed by atoms with van der Waals surface area (Å²) in [5, 5.41) is 15.9. The molecule has 0 aliphatic heterocycles. The minimum atomic E-state index is -0.258. The number of fused-ring (bicyclic) bond motifs is 1. The van der Waals surface area contributed by atoms with E-state index in [1.54, 1.807) is 46.2 Å². The summed E-state index contributed by atoms with van der Waals surface area (Å²) in [4.78, 5) is 9.77. The fourth-order valence-electron chi connectivity index (χ4n) is 3.00. The van der Waals surface area contributed by atoms with Crippen molar-refractivity contribution in [2.24, 2.45) is 0 Å². The van der Waals surface area contributed by atoms with Crippen molar-refractivity contribution >= 4 is 33.3 Å². The van der Waals surface area contributed by atoms with Crippen molar-refractivity contribution in [3.8, 4) is 16.8 Å². The molecule has 0 atom stereocenters. The van der Waals surface area contributed by atoms with E-state index in [9.17, 15) is 4.39 Å². The van der Waals surface area contributed by atoms with Gasteiger partial charge < -0.3 is 0 Å². The molecule has 0 N–H and O–H groups in total. The highest BCUT2D eigenvalue weighted by Crippen LogP contribution is 2.38. The van der Waals surface area contributed by atoms with E-state index in [4.69, 9.17) is 0 Å². The molecule has 5 aromatic rings. The zero-order valence-corrected chi connectivity index (χ0v) is 16.6. The van der Waals surface area contributed by atoms with E-state index >= 15 is 0 Å². The number of benzene rings is 2. The Labute approximate surface area is 173 Å². The third-order valence-corrected chi connectivity index (χ3v) is 6.24. The third kappa shape index (κ3) is 3.50. The van der Waals surface area contributed by atoms with E-state index in [0.717, 1.165) is 37.9 Å². The first-order valence-corrected chi connectivity index (χ1v) is 10.6. The summed E-state index contributed by atoms with van der Waals surface area (Å²) in [6, 6.07) is 16.2. The van der Waals surface area contributed by atoms with Gasteiger partial charge in [0.25, 0.3) is 0 Å². The van der Waals surface area contributed by atoms with E-state index in [-0.39, 0.29) is 5.82 Å². The molecule has 5 rings (SSSR count). The molecule has 0 saturated carbocycles. The molecule has 3 heterocycles. The second-order valence-electron chi connectivity index (χ2n) is 6.15. The standard InChI is InChI=1S/C20H13FN6S2/c21-14-8-6-13(7-9-14)16-10-28-19-18(16)20(23-12-22-19)29-11-17-24-25-26-27(17)15-4-2-1-3-5-15/h1-10,12H,11H2. The normalized spacial score (nSPS) is 11.2. The quantitative estimate of drug-likeness (QED) is 0.301. The first-order chi connectivity index (χ1) is 14.3. The van der Waals surface area contributed by atoms with Gasteiger partial charge in [0, 0.05) is 10.9 Å². The molecule has 0 bridgehead atoms. The number of nitrogens with zero attached hydrogens (tertiary/aromatic N) is 6. The number of thiophene rings is 1. The van der Waals surface area contributed by atoms with Crippen molar-refractivity contribution in [1.82, 2.24) is 30.2 Å². The largest absolute Gasteiger partial charge is 0.229 e. The van der Waals surface area contributed by atoms with Crippen LogP contribution in [0.5, 0.6) is 0 Å². The first-order valence-electron chi connectivity index (χ1n) is 8.73. The Morgan fingerprint density at radius 3 is 2.66 bits per heavy atom. The molecule has 9 heteroatoms. The minimum Gasteiger partial charge on any atom is -0.229 e. The summed E-state index contributed by atoms with van der Waals surface area (Å²) >= 11 is 3.10. The lowest BCUT2D eigenvalue weighted by Gasteiger charge is -2.06. The highest BCUT2D eigenvalue weighted by molar-refractivity contribution is 7.98. The zero-order chi connectivity index (χ0) is 19.6. The number of thioether (sulfide) groups is 1. The molecule has 0 spiro atoms. The molecule has 0 radical (unpaired) electrons. The lowest BCUT2D eigenvalue weighted by atomic mass is 10.1. The van der Waals surface area contributed by atoms with E-state index in [0.29, 0.717) is 5.75 Å². The van der Waals surface area contributed by atoms with Gasteiger partial charge in [0.2, 0.25) is 0 Å². The molecule has 3 aromatic heterocycles. The Balaban J connectivity index is 1.49.